The number of aryl methyl sites for hydroxylation is 1. The van der Waals surface area contributed by atoms with Crippen LogP contribution >= 0.6 is 0 Å². The topological polar surface area (TPSA) is 72.9 Å². The summed E-state index contributed by atoms with van der Waals surface area (Å²) in [6.45, 7) is 6.65. The average molecular weight is 558 g/mol. The van der Waals surface area contributed by atoms with Crippen molar-refractivity contribution in [2.24, 2.45) is 0 Å². The summed E-state index contributed by atoms with van der Waals surface area (Å²) < 4.78 is 10.8. The van der Waals surface area contributed by atoms with Crippen molar-refractivity contribution in [3.8, 4) is 5.75 Å². The number of carbonyl (C=O) groups excluding carboxylic acids is 3. The predicted molar refractivity (Wildman–Crippen MR) is 164 cm³/mol. The molecular weight excluding hydrogens is 514 g/mol. The van der Waals surface area contributed by atoms with Crippen LogP contribution in [0.4, 0.5) is 5.69 Å². The molecule has 0 N–H and O–H groups in total. The second kappa shape index (κ2) is 15.8. The summed E-state index contributed by atoms with van der Waals surface area (Å²) in [5.74, 6) is 0.579. The van der Waals surface area contributed by atoms with Gasteiger partial charge in [0.15, 0.2) is 5.78 Å². The molecule has 0 bridgehead atoms. The Morgan fingerprint density at radius 2 is 1.46 bits per heavy atom. The third-order valence-corrected chi connectivity index (χ3v) is 7.35. The second-order valence-corrected chi connectivity index (χ2v) is 10.8. The number of esters is 1. The number of ketones is 1. The Morgan fingerprint density at radius 3 is 2.10 bits per heavy atom. The van der Waals surface area contributed by atoms with E-state index >= 15 is 0 Å². The molecule has 3 aromatic carbocycles. The molecule has 6 nitrogen and oxygen atoms in total. The molecule has 41 heavy (non-hydrogen) atoms. The number of methoxy groups -OCH3 is 1. The van der Waals surface area contributed by atoms with E-state index in [1.54, 1.807) is 24.1 Å². The summed E-state index contributed by atoms with van der Waals surface area (Å²) in [4.78, 5) is 39.2. The molecule has 218 valence electrons. The number of nitrogens with zero attached hydrogens (tertiary/aromatic N) is 1. The third kappa shape index (κ3) is 9.31. The van der Waals surface area contributed by atoms with Crippen molar-refractivity contribution in [1.82, 2.24) is 0 Å². The Morgan fingerprint density at radius 1 is 0.829 bits per heavy atom. The van der Waals surface area contributed by atoms with Gasteiger partial charge < -0.3 is 14.4 Å². The first kappa shape index (κ1) is 31.6. The summed E-state index contributed by atoms with van der Waals surface area (Å²) in [6.07, 6.45) is 5.45. The highest BCUT2D eigenvalue weighted by molar-refractivity contribution is 6.08. The quantitative estimate of drug-likeness (QED) is 0.107. The lowest BCUT2D eigenvalue weighted by Crippen LogP contribution is -2.27. The number of ether oxygens (including phenoxy) is 2. The molecule has 1 amide bonds. The van der Waals surface area contributed by atoms with Crippen LogP contribution < -0.4 is 9.64 Å². The lowest BCUT2D eigenvalue weighted by atomic mass is 9.94. The van der Waals surface area contributed by atoms with Crippen molar-refractivity contribution >= 4 is 23.3 Å². The molecule has 0 aromatic heterocycles. The maximum absolute atomic E-state index is 13.7. The van der Waals surface area contributed by atoms with E-state index in [1.165, 1.54) is 7.11 Å². The molecule has 0 atom stereocenters. The Hall–Kier alpha value is -3.93. The summed E-state index contributed by atoms with van der Waals surface area (Å²) in [5, 5.41) is 0. The van der Waals surface area contributed by atoms with Crippen LogP contribution in [0.2, 0.25) is 0 Å². The lowest BCUT2D eigenvalue weighted by Gasteiger charge is -2.22. The van der Waals surface area contributed by atoms with E-state index in [2.05, 4.69) is 18.6 Å². The Bertz CT molecular complexity index is 1300. The van der Waals surface area contributed by atoms with Gasteiger partial charge in [0.1, 0.15) is 12.4 Å². The van der Waals surface area contributed by atoms with Crippen LogP contribution in [0.25, 0.3) is 0 Å². The number of Topliss-reactive ketones (excluding diaryl/α,β-unsaturated/α-hetero) is 1. The zero-order valence-corrected chi connectivity index (χ0v) is 25.1. The standard InChI is InChI=1S/C35H43NO5/c1-25(2)30-23-31(33(22-26(30)3)41-24-27-14-10-9-11-15-27)35(39)36(4)29-20-18-28(19-21-29)32(37)16-12-7-6-8-13-17-34(38)40-5/h9-11,14-15,18-23,25H,6-8,12-13,16-17,24H2,1-5H3. The van der Waals surface area contributed by atoms with Crippen LogP contribution in [0.3, 0.4) is 0 Å². The lowest BCUT2D eigenvalue weighted by molar-refractivity contribution is -0.140. The van der Waals surface area contributed by atoms with Crippen LogP contribution in [0.5, 0.6) is 5.75 Å². The molecule has 6 heteroatoms. The van der Waals surface area contributed by atoms with Crippen LogP contribution in [-0.2, 0) is 16.1 Å². The van der Waals surface area contributed by atoms with Crippen LogP contribution in [-0.4, -0.2) is 31.8 Å². The van der Waals surface area contributed by atoms with Crippen LogP contribution in [0, 0.1) is 6.92 Å². The minimum Gasteiger partial charge on any atom is -0.488 e. The SMILES string of the molecule is COC(=O)CCCCCCCC(=O)c1ccc(N(C)C(=O)c2cc(C(C)C)c(C)cc2OCc2ccccc2)cc1. The van der Waals surface area contributed by atoms with E-state index in [9.17, 15) is 14.4 Å². The largest absolute Gasteiger partial charge is 0.488 e. The van der Waals surface area contributed by atoms with E-state index in [0.29, 0.717) is 42.0 Å². The van der Waals surface area contributed by atoms with Crippen molar-refractivity contribution in [3.05, 3.63) is 94.5 Å². The van der Waals surface area contributed by atoms with Crippen LogP contribution in [0.1, 0.15) is 102 Å². The molecule has 3 rings (SSSR count). The van der Waals surface area contributed by atoms with E-state index in [0.717, 1.165) is 48.8 Å². The number of carbonyl (C=O) groups is 3. The summed E-state index contributed by atoms with van der Waals surface area (Å²) in [7, 11) is 3.15. The normalized spacial score (nSPS) is 10.9. The molecule has 0 heterocycles. The molecular formula is C35H43NO5. The van der Waals surface area contributed by atoms with E-state index in [1.807, 2.05) is 61.5 Å². The van der Waals surface area contributed by atoms with Crippen molar-refractivity contribution in [2.45, 2.75) is 78.2 Å². The zero-order chi connectivity index (χ0) is 29.8. The molecule has 0 aliphatic carbocycles. The Balaban J connectivity index is 1.63. The highest BCUT2D eigenvalue weighted by atomic mass is 16.5. The molecule has 0 aliphatic heterocycles. The molecule has 0 saturated carbocycles. The van der Waals surface area contributed by atoms with Gasteiger partial charge in [0, 0.05) is 31.1 Å². The van der Waals surface area contributed by atoms with Gasteiger partial charge in [0.25, 0.3) is 5.91 Å². The summed E-state index contributed by atoms with van der Waals surface area (Å²) >= 11 is 0. The number of rotatable bonds is 15. The molecule has 0 fully saturated rings. The number of unbranched alkanes of at least 4 members (excludes halogenated alkanes) is 4. The van der Waals surface area contributed by atoms with Gasteiger partial charge in [-0.3, -0.25) is 14.4 Å². The van der Waals surface area contributed by atoms with Crippen LogP contribution in [0.15, 0.2) is 66.7 Å². The molecule has 0 spiro atoms. The summed E-state index contributed by atoms with van der Waals surface area (Å²) in [5.41, 5.74) is 5.10. The fraction of sp³-hybridized carbons (Fsp3) is 0.400. The van der Waals surface area contributed by atoms with Crippen molar-refractivity contribution in [1.29, 1.82) is 0 Å². The molecule has 0 unspecified atom stereocenters. The van der Waals surface area contributed by atoms with Gasteiger partial charge in [-0.15, -0.1) is 0 Å². The Labute approximate surface area is 244 Å². The van der Waals surface area contributed by atoms with Gasteiger partial charge in [0.2, 0.25) is 0 Å². The van der Waals surface area contributed by atoms with Gasteiger partial charge >= 0.3 is 5.97 Å². The first-order valence-corrected chi connectivity index (χ1v) is 14.5. The first-order chi connectivity index (χ1) is 19.7. The fourth-order valence-corrected chi connectivity index (χ4v) is 4.84. The minimum atomic E-state index is -0.174. The first-order valence-electron chi connectivity index (χ1n) is 14.5. The van der Waals surface area contributed by atoms with Crippen molar-refractivity contribution < 1.29 is 23.9 Å². The highest BCUT2D eigenvalue weighted by Crippen LogP contribution is 2.31. The maximum Gasteiger partial charge on any atom is 0.305 e. The minimum absolute atomic E-state index is 0.0943. The fourth-order valence-electron chi connectivity index (χ4n) is 4.84. The van der Waals surface area contributed by atoms with Gasteiger partial charge in [0.05, 0.1) is 12.7 Å². The van der Waals surface area contributed by atoms with Crippen molar-refractivity contribution in [2.75, 3.05) is 19.1 Å². The molecule has 0 saturated heterocycles. The summed E-state index contributed by atoms with van der Waals surface area (Å²) in [6, 6.07) is 21.0. The number of amides is 1. The average Bonchev–Trinajstić information content (AvgIpc) is 2.98. The van der Waals surface area contributed by atoms with Crippen molar-refractivity contribution in [3.63, 3.8) is 0 Å². The molecule has 0 aliphatic rings. The van der Waals surface area contributed by atoms with E-state index in [-0.39, 0.29) is 23.6 Å². The van der Waals surface area contributed by atoms with Gasteiger partial charge in [-0.2, -0.15) is 0 Å². The number of benzene rings is 3. The monoisotopic (exact) mass is 557 g/mol. The molecule has 3 aromatic rings. The van der Waals surface area contributed by atoms with E-state index < -0.39 is 0 Å². The Kier molecular flexibility index (Phi) is 12.1. The predicted octanol–water partition coefficient (Wildman–Crippen LogP) is 8.06. The highest BCUT2D eigenvalue weighted by Gasteiger charge is 2.21. The van der Waals surface area contributed by atoms with Gasteiger partial charge in [-0.05, 0) is 78.8 Å². The van der Waals surface area contributed by atoms with E-state index in [4.69, 9.17) is 4.74 Å². The number of hydrogen-bond donors (Lipinski definition) is 0. The third-order valence-electron chi connectivity index (χ3n) is 7.35. The molecule has 0 radical (unpaired) electrons. The van der Waals surface area contributed by atoms with Gasteiger partial charge in [-0.25, -0.2) is 0 Å². The zero-order valence-electron chi connectivity index (χ0n) is 25.1. The smallest absolute Gasteiger partial charge is 0.305 e. The number of hydrogen-bond acceptors (Lipinski definition) is 5. The van der Waals surface area contributed by atoms with Gasteiger partial charge in [-0.1, -0.05) is 63.4 Å². The second-order valence-electron chi connectivity index (χ2n) is 10.8. The number of anilines is 1. The maximum atomic E-state index is 13.7.